The molecule has 3 N–H and O–H groups in total. The van der Waals surface area contributed by atoms with Gasteiger partial charge in [0.15, 0.2) is 0 Å². The van der Waals surface area contributed by atoms with E-state index in [1.54, 1.807) is 24.3 Å². The number of nitrogens with two attached hydrogens (primary N) is 1. The highest BCUT2D eigenvalue weighted by Crippen LogP contribution is 2.32. The maximum atomic E-state index is 13.2. The SMILES string of the molecule is COC(=O)c1cccc(Cc2cc(NCc3cnccc3C(F)(F)F)c(C(N)=O)cn2)c1. The van der Waals surface area contributed by atoms with Crippen molar-refractivity contribution in [2.24, 2.45) is 5.73 Å². The number of halogens is 3. The number of methoxy groups -OCH3 is 1. The molecule has 0 fully saturated rings. The summed E-state index contributed by atoms with van der Waals surface area (Å²) in [5.74, 6) is -1.26. The molecule has 1 aromatic carbocycles. The average molecular weight is 444 g/mol. The van der Waals surface area contributed by atoms with E-state index in [4.69, 9.17) is 10.5 Å². The maximum absolute atomic E-state index is 13.2. The summed E-state index contributed by atoms with van der Waals surface area (Å²) in [6.45, 7) is -0.232. The molecule has 0 bridgehead atoms. The molecule has 3 aromatic rings. The fraction of sp³-hybridized carbons (Fsp3) is 0.182. The number of hydrogen-bond acceptors (Lipinski definition) is 6. The van der Waals surface area contributed by atoms with Gasteiger partial charge < -0.3 is 15.8 Å². The number of aromatic nitrogens is 2. The van der Waals surface area contributed by atoms with E-state index in [0.29, 0.717) is 17.7 Å². The van der Waals surface area contributed by atoms with Crippen molar-refractivity contribution in [1.82, 2.24) is 9.97 Å². The number of amides is 1. The van der Waals surface area contributed by atoms with Crippen LogP contribution in [-0.4, -0.2) is 29.0 Å². The number of carbonyl (C=O) groups excluding carboxylic acids is 2. The number of nitrogens with zero attached hydrogens (tertiary/aromatic N) is 2. The Balaban J connectivity index is 1.87. The molecule has 3 rings (SSSR count). The number of hydrogen-bond donors (Lipinski definition) is 2. The Morgan fingerprint density at radius 3 is 2.62 bits per heavy atom. The van der Waals surface area contributed by atoms with Gasteiger partial charge in [0.25, 0.3) is 5.91 Å². The molecule has 7 nitrogen and oxygen atoms in total. The summed E-state index contributed by atoms with van der Waals surface area (Å²) < 4.78 is 44.4. The second-order valence-corrected chi connectivity index (χ2v) is 6.84. The minimum Gasteiger partial charge on any atom is -0.465 e. The number of primary amides is 1. The van der Waals surface area contributed by atoms with Gasteiger partial charge in [-0.3, -0.25) is 14.8 Å². The molecule has 0 atom stereocenters. The minimum atomic E-state index is -4.54. The Morgan fingerprint density at radius 2 is 1.94 bits per heavy atom. The molecule has 0 aliphatic heterocycles. The lowest BCUT2D eigenvalue weighted by Crippen LogP contribution is -2.17. The Bertz CT molecular complexity index is 1150. The van der Waals surface area contributed by atoms with Gasteiger partial charge in [0, 0.05) is 42.8 Å². The van der Waals surface area contributed by atoms with Crippen molar-refractivity contribution < 1.29 is 27.5 Å². The Labute approximate surface area is 181 Å². The summed E-state index contributed by atoms with van der Waals surface area (Å²) in [4.78, 5) is 31.5. The van der Waals surface area contributed by atoms with Crippen molar-refractivity contribution in [1.29, 1.82) is 0 Å². The second kappa shape index (κ2) is 9.46. The van der Waals surface area contributed by atoms with Gasteiger partial charge in [-0.15, -0.1) is 0 Å². The van der Waals surface area contributed by atoms with Crippen LogP contribution < -0.4 is 11.1 Å². The van der Waals surface area contributed by atoms with Crippen molar-refractivity contribution in [2.75, 3.05) is 12.4 Å². The summed E-state index contributed by atoms with van der Waals surface area (Å²) in [6, 6.07) is 9.16. The normalized spacial score (nSPS) is 11.1. The van der Waals surface area contributed by atoms with Gasteiger partial charge in [0.2, 0.25) is 0 Å². The van der Waals surface area contributed by atoms with Crippen LogP contribution in [0, 0.1) is 0 Å². The molecule has 0 unspecified atom stereocenters. The highest BCUT2D eigenvalue weighted by atomic mass is 19.4. The molecule has 10 heteroatoms. The molecule has 0 saturated heterocycles. The Morgan fingerprint density at radius 1 is 1.16 bits per heavy atom. The van der Waals surface area contributed by atoms with Crippen molar-refractivity contribution >= 4 is 17.6 Å². The lowest BCUT2D eigenvalue weighted by molar-refractivity contribution is -0.138. The van der Waals surface area contributed by atoms with E-state index in [2.05, 4.69) is 15.3 Å². The third-order valence-electron chi connectivity index (χ3n) is 4.64. The van der Waals surface area contributed by atoms with Gasteiger partial charge in [0.1, 0.15) is 0 Å². The van der Waals surface area contributed by atoms with Gasteiger partial charge in [-0.25, -0.2) is 4.79 Å². The minimum absolute atomic E-state index is 0.0366. The van der Waals surface area contributed by atoms with E-state index >= 15 is 0 Å². The van der Waals surface area contributed by atoms with Crippen molar-refractivity contribution in [3.8, 4) is 0 Å². The number of esters is 1. The number of alkyl halides is 3. The standard InChI is InChI=1S/C22H19F3N4O3/c1-32-21(31)14-4-2-3-13(7-14)8-16-9-19(17(12-28-16)20(26)30)29-11-15-10-27-6-5-18(15)22(23,24)25/h2-7,9-10,12H,8,11H2,1H3,(H2,26,30)(H,28,29). The molecular weight excluding hydrogens is 425 g/mol. The number of carbonyl (C=O) groups is 2. The van der Waals surface area contributed by atoms with E-state index in [1.165, 1.54) is 19.4 Å². The van der Waals surface area contributed by atoms with Crippen molar-refractivity contribution in [3.63, 3.8) is 0 Å². The summed E-state index contributed by atoms with van der Waals surface area (Å²) in [7, 11) is 1.28. The number of rotatable bonds is 7. The van der Waals surface area contributed by atoms with Crippen LogP contribution in [0.3, 0.4) is 0 Å². The second-order valence-electron chi connectivity index (χ2n) is 6.84. The number of anilines is 1. The van der Waals surface area contributed by atoms with Crippen LogP contribution in [0.4, 0.5) is 18.9 Å². The molecule has 0 aliphatic carbocycles. The lowest BCUT2D eigenvalue weighted by Gasteiger charge is -2.15. The summed E-state index contributed by atoms with van der Waals surface area (Å²) >= 11 is 0. The topological polar surface area (TPSA) is 107 Å². The first-order valence-electron chi connectivity index (χ1n) is 9.39. The predicted molar refractivity (Wildman–Crippen MR) is 110 cm³/mol. The van der Waals surface area contributed by atoms with Gasteiger partial charge in [-0.05, 0) is 29.8 Å². The zero-order valence-corrected chi connectivity index (χ0v) is 16.9. The van der Waals surface area contributed by atoms with Crippen LogP contribution in [-0.2, 0) is 23.9 Å². The molecule has 0 spiro atoms. The van der Waals surface area contributed by atoms with E-state index in [1.807, 2.05) is 0 Å². The van der Waals surface area contributed by atoms with Gasteiger partial charge in [0.05, 0.1) is 29.5 Å². The van der Waals surface area contributed by atoms with E-state index in [9.17, 15) is 22.8 Å². The first-order valence-corrected chi connectivity index (χ1v) is 9.39. The first-order chi connectivity index (χ1) is 15.2. The smallest absolute Gasteiger partial charge is 0.416 e. The molecule has 2 aromatic heterocycles. The van der Waals surface area contributed by atoms with Crippen molar-refractivity contribution in [3.05, 3.63) is 88.5 Å². The fourth-order valence-corrected chi connectivity index (χ4v) is 3.11. The van der Waals surface area contributed by atoms with Crippen LogP contribution in [0.5, 0.6) is 0 Å². The number of pyridine rings is 2. The highest BCUT2D eigenvalue weighted by Gasteiger charge is 2.33. The zero-order chi connectivity index (χ0) is 23.3. The largest absolute Gasteiger partial charge is 0.465 e. The molecular formula is C22H19F3N4O3. The van der Waals surface area contributed by atoms with Crippen LogP contribution in [0.15, 0.2) is 55.0 Å². The summed E-state index contributed by atoms with van der Waals surface area (Å²) in [5.41, 5.74) is 6.40. The molecule has 0 aliphatic rings. The lowest BCUT2D eigenvalue weighted by atomic mass is 10.0. The number of ether oxygens (including phenoxy) is 1. The molecule has 0 radical (unpaired) electrons. The fourth-order valence-electron chi connectivity index (χ4n) is 3.11. The van der Waals surface area contributed by atoms with Gasteiger partial charge in [-0.2, -0.15) is 13.2 Å². The Hall–Kier alpha value is -3.95. The van der Waals surface area contributed by atoms with Crippen LogP contribution in [0.25, 0.3) is 0 Å². The predicted octanol–water partition coefficient (Wildman–Crippen LogP) is 3.58. The molecule has 2 heterocycles. The highest BCUT2D eigenvalue weighted by molar-refractivity contribution is 5.98. The number of benzene rings is 1. The van der Waals surface area contributed by atoms with E-state index < -0.39 is 23.6 Å². The van der Waals surface area contributed by atoms with Gasteiger partial charge in [-0.1, -0.05) is 12.1 Å². The third-order valence-corrected chi connectivity index (χ3v) is 4.64. The summed E-state index contributed by atoms with van der Waals surface area (Å²) in [6.07, 6.45) is -0.799. The molecule has 1 amide bonds. The third kappa shape index (κ3) is 5.39. The monoisotopic (exact) mass is 444 g/mol. The molecule has 0 saturated carbocycles. The van der Waals surface area contributed by atoms with Gasteiger partial charge >= 0.3 is 12.1 Å². The summed E-state index contributed by atoms with van der Waals surface area (Å²) in [5, 5.41) is 2.83. The molecule has 32 heavy (non-hydrogen) atoms. The number of nitrogens with one attached hydrogen (secondary N) is 1. The average Bonchev–Trinajstić information content (AvgIpc) is 2.76. The van der Waals surface area contributed by atoms with Crippen molar-refractivity contribution in [2.45, 2.75) is 19.1 Å². The Kier molecular flexibility index (Phi) is 6.72. The molecule has 166 valence electrons. The van der Waals surface area contributed by atoms with Crippen LogP contribution in [0.1, 0.15) is 43.1 Å². The first kappa shape index (κ1) is 22.7. The maximum Gasteiger partial charge on any atom is 0.416 e. The van der Waals surface area contributed by atoms with E-state index in [-0.39, 0.29) is 23.4 Å². The zero-order valence-electron chi connectivity index (χ0n) is 16.9. The van der Waals surface area contributed by atoms with Crippen LogP contribution >= 0.6 is 0 Å². The van der Waals surface area contributed by atoms with Crippen LogP contribution in [0.2, 0.25) is 0 Å². The quantitative estimate of drug-likeness (QED) is 0.540. The van der Waals surface area contributed by atoms with E-state index in [0.717, 1.165) is 24.0 Å².